The molecule has 6 heteroatoms. The molecule has 0 unspecified atom stereocenters. The Bertz CT molecular complexity index is 3680. The third-order valence-electron chi connectivity index (χ3n) is 15.6. The number of thiophene rings is 1. The first-order chi connectivity index (χ1) is 31.5. The molecule has 1 aliphatic carbocycles. The second kappa shape index (κ2) is 13.2. The molecule has 326 valence electrons. The van der Waals surface area contributed by atoms with Gasteiger partial charge in [-0.2, -0.15) is 0 Å². The van der Waals surface area contributed by atoms with E-state index in [0.717, 1.165) is 85.4 Å². The van der Waals surface area contributed by atoms with Crippen molar-refractivity contribution in [2.45, 2.75) is 104 Å². The topological polar surface area (TPSA) is 32.8 Å². The zero-order valence-electron chi connectivity index (χ0n) is 39.7. The number of hydrogen-bond acceptors (Lipinski definition) is 5. The minimum absolute atomic E-state index is 0.00810. The third kappa shape index (κ3) is 5.57. The fraction of sp³-hybridized carbons (Fsp3) is 0.267. The van der Waals surface area contributed by atoms with Gasteiger partial charge in [-0.15, -0.1) is 11.3 Å². The summed E-state index contributed by atoms with van der Waals surface area (Å²) in [4.78, 5) is 5.14. The standard InChI is InChI=1S/C60H55BN2O2S/c1-57(2,3)34-19-23-36(24-20-34)62-47-31-41-38-15-11-13-17-48(38)64-55(41)52-42-29-40-39-16-12-14-18-50(39)66-51(40)33-46(42)63(37-25-21-35(22-26-37)58(4,5)6)61(53(47)52)56-54(62)43-30-44-45(32-49(43)65-56)60(9,10)28-27-59(44,7)8/h11-26,29-33H,27-28H2,1-10H3. The van der Waals surface area contributed by atoms with E-state index in [4.69, 9.17) is 8.83 Å². The minimum atomic E-state index is -0.307. The normalized spacial score (nSPS) is 16.4. The summed E-state index contributed by atoms with van der Waals surface area (Å²) < 4.78 is 17.3. The number of fused-ring (bicyclic) bond motifs is 14. The molecule has 0 saturated carbocycles. The van der Waals surface area contributed by atoms with E-state index in [0.29, 0.717) is 0 Å². The third-order valence-corrected chi connectivity index (χ3v) is 16.8. The minimum Gasteiger partial charge on any atom is -0.466 e. The lowest BCUT2D eigenvalue weighted by Crippen LogP contribution is -2.61. The van der Waals surface area contributed by atoms with Gasteiger partial charge < -0.3 is 18.5 Å². The van der Waals surface area contributed by atoms with Crippen LogP contribution in [-0.2, 0) is 21.7 Å². The van der Waals surface area contributed by atoms with Crippen LogP contribution < -0.4 is 20.8 Å². The predicted octanol–water partition coefficient (Wildman–Crippen LogP) is 16.4. The Morgan fingerprint density at radius 2 is 1.17 bits per heavy atom. The van der Waals surface area contributed by atoms with Crippen LogP contribution in [0.2, 0.25) is 0 Å². The Balaban J connectivity index is 1.21. The molecule has 13 rings (SSSR count). The highest BCUT2D eigenvalue weighted by Gasteiger charge is 2.50. The van der Waals surface area contributed by atoms with Crippen LogP contribution in [0, 0.1) is 0 Å². The molecule has 66 heavy (non-hydrogen) atoms. The van der Waals surface area contributed by atoms with Crippen LogP contribution in [0.1, 0.15) is 104 Å². The van der Waals surface area contributed by atoms with Gasteiger partial charge in [0.05, 0.1) is 5.69 Å². The number of benzene rings is 7. The molecule has 2 aliphatic heterocycles. The summed E-state index contributed by atoms with van der Waals surface area (Å²) in [5.74, 6) is 0. The van der Waals surface area contributed by atoms with E-state index in [-0.39, 0.29) is 28.5 Å². The zero-order chi connectivity index (χ0) is 45.4. The molecular formula is C60H55BN2O2S. The summed E-state index contributed by atoms with van der Waals surface area (Å²) >= 11 is 1.87. The van der Waals surface area contributed by atoms with Gasteiger partial charge in [0.2, 0.25) is 0 Å². The van der Waals surface area contributed by atoms with Gasteiger partial charge in [-0.1, -0.05) is 130 Å². The molecule has 10 aromatic rings. The highest BCUT2D eigenvalue weighted by molar-refractivity contribution is 7.25. The van der Waals surface area contributed by atoms with Crippen molar-refractivity contribution in [1.29, 1.82) is 0 Å². The first-order valence-corrected chi connectivity index (χ1v) is 24.6. The predicted molar refractivity (Wildman–Crippen MR) is 283 cm³/mol. The maximum Gasteiger partial charge on any atom is 0.376 e. The highest BCUT2D eigenvalue weighted by atomic mass is 32.1. The Labute approximate surface area is 391 Å². The van der Waals surface area contributed by atoms with Crippen molar-refractivity contribution in [3.8, 4) is 11.1 Å². The van der Waals surface area contributed by atoms with E-state index < -0.39 is 0 Å². The van der Waals surface area contributed by atoms with Crippen LogP contribution in [-0.4, -0.2) is 6.85 Å². The average molecular weight is 879 g/mol. The second-order valence-electron chi connectivity index (χ2n) is 22.8. The lowest BCUT2D eigenvalue weighted by molar-refractivity contribution is 0.332. The molecule has 3 aromatic heterocycles. The van der Waals surface area contributed by atoms with Crippen molar-refractivity contribution in [2.75, 3.05) is 9.71 Å². The Morgan fingerprint density at radius 1 is 0.545 bits per heavy atom. The summed E-state index contributed by atoms with van der Waals surface area (Å²) in [5.41, 5.74) is 18.4. The van der Waals surface area contributed by atoms with Crippen molar-refractivity contribution in [2.24, 2.45) is 0 Å². The SMILES string of the molecule is CC(C)(C)c1ccc(N2B3c4oc5cc6c(cc5c4N(c4ccc(C(C)(C)C)cc4)c4cc5c(oc7ccccc75)c(c43)-c3cc4c(cc32)sc2ccccc24)C(C)(C)CCC6(C)C)cc1. The van der Waals surface area contributed by atoms with E-state index in [1.807, 2.05) is 11.3 Å². The Kier molecular flexibility index (Phi) is 8.03. The van der Waals surface area contributed by atoms with Crippen molar-refractivity contribution in [3.05, 3.63) is 150 Å². The molecule has 0 spiro atoms. The van der Waals surface area contributed by atoms with Crippen molar-refractivity contribution >= 4 is 111 Å². The van der Waals surface area contributed by atoms with E-state index in [1.54, 1.807) is 0 Å². The number of nitrogens with zero attached hydrogens (tertiary/aromatic N) is 2. The van der Waals surface area contributed by atoms with E-state index in [1.165, 1.54) is 53.5 Å². The number of para-hydroxylation sites is 1. The van der Waals surface area contributed by atoms with Gasteiger partial charge in [0.25, 0.3) is 0 Å². The van der Waals surface area contributed by atoms with Gasteiger partial charge in [0.15, 0.2) is 0 Å². The molecule has 3 aliphatic rings. The maximum absolute atomic E-state index is 7.64. The molecule has 0 amide bonds. The fourth-order valence-corrected chi connectivity index (χ4v) is 12.9. The van der Waals surface area contributed by atoms with Crippen molar-refractivity contribution in [3.63, 3.8) is 0 Å². The van der Waals surface area contributed by atoms with Crippen molar-refractivity contribution < 1.29 is 8.83 Å². The van der Waals surface area contributed by atoms with Crippen LogP contribution >= 0.6 is 11.3 Å². The summed E-state index contributed by atoms with van der Waals surface area (Å²) in [5, 5.41) is 5.95. The van der Waals surface area contributed by atoms with E-state index in [2.05, 4.69) is 206 Å². The summed E-state index contributed by atoms with van der Waals surface area (Å²) in [6.07, 6.45) is 2.27. The Morgan fingerprint density at radius 3 is 1.85 bits per heavy atom. The number of anilines is 5. The van der Waals surface area contributed by atoms with Gasteiger partial charge in [0.1, 0.15) is 22.4 Å². The number of hydrogen-bond donors (Lipinski definition) is 0. The quantitative estimate of drug-likeness (QED) is 0.162. The second-order valence-corrected chi connectivity index (χ2v) is 23.9. The van der Waals surface area contributed by atoms with Crippen LogP contribution in [0.25, 0.3) is 64.2 Å². The molecule has 0 atom stereocenters. The van der Waals surface area contributed by atoms with Crippen LogP contribution in [0.3, 0.4) is 0 Å². The summed E-state index contributed by atoms with van der Waals surface area (Å²) in [7, 11) is 0. The average Bonchev–Trinajstić information content (AvgIpc) is 3.97. The lowest BCUT2D eigenvalue weighted by Gasteiger charge is -2.44. The molecule has 5 heterocycles. The largest absolute Gasteiger partial charge is 0.466 e. The molecular weight excluding hydrogens is 824 g/mol. The molecule has 0 radical (unpaired) electrons. The first kappa shape index (κ1) is 40.1. The van der Waals surface area contributed by atoms with Gasteiger partial charge in [0, 0.05) is 70.2 Å². The molecule has 7 aromatic carbocycles. The zero-order valence-corrected chi connectivity index (χ0v) is 40.6. The van der Waals surface area contributed by atoms with E-state index >= 15 is 0 Å². The van der Waals surface area contributed by atoms with Crippen LogP contribution in [0.15, 0.2) is 136 Å². The van der Waals surface area contributed by atoms with Gasteiger partial charge in [-0.05, 0) is 129 Å². The molecule has 0 bridgehead atoms. The van der Waals surface area contributed by atoms with Crippen LogP contribution in [0.4, 0.5) is 28.4 Å². The monoisotopic (exact) mass is 878 g/mol. The summed E-state index contributed by atoms with van der Waals surface area (Å²) in [6, 6.07) is 48.4. The maximum atomic E-state index is 7.64. The van der Waals surface area contributed by atoms with Gasteiger partial charge in [-0.25, -0.2) is 0 Å². The summed E-state index contributed by atoms with van der Waals surface area (Å²) in [6.45, 7) is 23.2. The lowest BCUT2D eigenvalue weighted by atomic mass is 9.45. The molecule has 0 saturated heterocycles. The number of rotatable bonds is 2. The highest BCUT2D eigenvalue weighted by Crippen LogP contribution is 2.55. The smallest absolute Gasteiger partial charge is 0.376 e. The molecule has 4 nitrogen and oxygen atoms in total. The van der Waals surface area contributed by atoms with Gasteiger partial charge >= 0.3 is 6.85 Å². The Hall–Kier alpha value is -6.24. The van der Waals surface area contributed by atoms with Gasteiger partial charge in [-0.3, -0.25) is 0 Å². The number of furan rings is 2. The fourth-order valence-electron chi connectivity index (χ4n) is 11.8. The molecule has 0 fully saturated rings. The van der Waals surface area contributed by atoms with Crippen molar-refractivity contribution in [1.82, 2.24) is 0 Å². The molecule has 0 N–H and O–H groups in total. The van der Waals surface area contributed by atoms with Crippen LogP contribution in [0.5, 0.6) is 0 Å². The van der Waals surface area contributed by atoms with E-state index in [9.17, 15) is 0 Å². The first-order valence-electron chi connectivity index (χ1n) is 23.8.